The van der Waals surface area contributed by atoms with E-state index in [1.165, 1.54) is 12.1 Å². The number of piperidine rings is 1. The number of amides is 2. The van der Waals surface area contributed by atoms with Crippen molar-refractivity contribution in [3.05, 3.63) is 23.2 Å². The minimum Gasteiger partial charge on any atom is -0.506 e. The van der Waals surface area contributed by atoms with Gasteiger partial charge in [-0.05, 0) is 18.1 Å². The quantitative estimate of drug-likeness (QED) is 0.782. The summed E-state index contributed by atoms with van der Waals surface area (Å²) in [7, 11) is 0. The van der Waals surface area contributed by atoms with Crippen LogP contribution in [0.5, 0.6) is 5.75 Å². The van der Waals surface area contributed by atoms with Gasteiger partial charge in [0.05, 0.1) is 10.7 Å². The molecule has 0 unspecified atom stereocenters. The average molecular weight is 254 g/mol. The molecule has 4 nitrogen and oxygen atoms in total. The number of carbonyl (C=O) groups excluding carboxylic acids is 2. The lowest BCUT2D eigenvalue weighted by Crippen LogP contribution is -2.42. The summed E-state index contributed by atoms with van der Waals surface area (Å²) in [6.45, 7) is 1.87. The van der Waals surface area contributed by atoms with Crippen LogP contribution in [0.25, 0.3) is 0 Å². The van der Waals surface area contributed by atoms with Crippen molar-refractivity contribution in [1.29, 1.82) is 0 Å². The van der Waals surface area contributed by atoms with Crippen molar-refractivity contribution < 1.29 is 14.7 Å². The van der Waals surface area contributed by atoms with E-state index >= 15 is 0 Å². The van der Waals surface area contributed by atoms with Gasteiger partial charge in [-0.3, -0.25) is 14.5 Å². The van der Waals surface area contributed by atoms with Gasteiger partial charge in [-0.1, -0.05) is 18.5 Å². The number of nitrogens with zero attached hydrogens (tertiary/aromatic N) is 1. The first-order valence-electron chi connectivity index (χ1n) is 5.33. The highest BCUT2D eigenvalue weighted by Gasteiger charge is 2.31. The van der Waals surface area contributed by atoms with E-state index < -0.39 is 0 Å². The first-order valence-corrected chi connectivity index (χ1v) is 5.71. The number of rotatable bonds is 1. The Morgan fingerprint density at radius 2 is 1.88 bits per heavy atom. The third kappa shape index (κ3) is 2.26. The number of hydrogen-bond donors (Lipinski definition) is 1. The molecule has 90 valence electrons. The van der Waals surface area contributed by atoms with Crippen molar-refractivity contribution in [1.82, 2.24) is 0 Å². The van der Waals surface area contributed by atoms with Crippen LogP contribution in [0.3, 0.4) is 0 Å². The van der Waals surface area contributed by atoms with Crippen LogP contribution in [0.4, 0.5) is 5.69 Å². The Labute approximate surface area is 104 Å². The van der Waals surface area contributed by atoms with E-state index in [-0.39, 0.29) is 28.5 Å². The number of halogens is 1. The standard InChI is InChI=1S/C12H12ClNO3/c1-7-4-11(16)14(12(17)5-7)8-2-3-9(13)10(15)6-8/h2-3,6-7,15H,4-5H2,1H3. The molecule has 0 aromatic heterocycles. The van der Waals surface area contributed by atoms with Crippen LogP contribution in [0, 0.1) is 5.92 Å². The number of phenolic OH excluding ortho intramolecular Hbond substituents is 1. The maximum Gasteiger partial charge on any atom is 0.234 e. The van der Waals surface area contributed by atoms with Crippen LogP contribution in [0.1, 0.15) is 19.8 Å². The molecule has 1 heterocycles. The Morgan fingerprint density at radius 1 is 1.29 bits per heavy atom. The van der Waals surface area contributed by atoms with Gasteiger partial charge in [0.15, 0.2) is 0 Å². The molecule has 1 N–H and O–H groups in total. The molecule has 1 aromatic carbocycles. The summed E-state index contributed by atoms with van der Waals surface area (Å²) in [4.78, 5) is 24.7. The van der Waals surface area contributed by atoms with E-state index in [0.717, 1.165) is 4.90 Å². The lowest BCUT2D eigenvalue weighted by Gasteiger charge is -2.28. The zero-order valence-electron chi connectivity index (χ0n) is 9.31. The molecule has 2 amide bonds. The Hall–Kier alpha value is -1.55. The van der Waals surface area contributed by atoms with Gasteiger partial charge in [-0.2, -0.15) is 0 Å². The third-order valence-corrected chi connectivity index (χ3v) is 3.05. The second-order valence-electron chi connectivity index (χ2n) is 4.27. The molecular weight excluding hydrogens is 242 g/mol. The van der Waals surface area contributed by atoms with E-state index in [1.54, 1.807) is 6.07 Å². The Balaban J connectivity index is 2.35. The summed E-state index contributed by atoms with van der Waals surface area (Å²) in [6.07, 6.45) is 0.685. The topological polar surface area (TPSA) is 57.6 Å². The van der Waals surface area contributed by atoms with Gasteiger partial charge in [0.2, 0.25) is 11.8 Å². The summed E-state index contributed by atoms with van der Waals surface area (Å²) in [5.74, 6) is -0.540. The molecule has 1 fully saturated rings. The highest BCUT2D eigenvalue weighted by molar-refractivity contribution is 6.32. The van der Waals surface area contributed by atoms with E-state index in [1.807, 2.05) is 6.92 Å². The maximum absolute atomic E-state index is 11.8. The smallest absolute Gasteiger partial charge is 0.234 e. The molecule has 0 bridgehead atoms. The van der Waals surface area contributed by atoms with E-state index in [0.29, 0.717) is 18.5 Å². The fourth-order valence-corrected chi connectivity index (χ4v) is 2.04. The van der Waals surface area contributed by atoms with Crippen molar-refractivity contribution in [2.24, 2.45) is 5.92 Å². The van der Waals surface area contributed by atoms with Crippen LogP contribution in [0.15, 0.2) is 18.2 Å². The van der Waals surface area contributed by atoms with Crippen molar-refractivity contribution >= 4 is 29.1 Å². The van der Waals surface area contributed by atoms with Crippen molar-refractivity contribution in [2.75, 3.05) is 4.90 Å². The van der Waals surface area contributed by atoms with Gasteiger partial charge in [0.1, 0.15) is 5.75 Å². The molecule has 0 saturated carbocycles. The molecule has 0 aliphatic carbocycles. The number of phenols is 1. The van der Waals surface area contributed by atoms with E-state index in [4.69, 9.17) is 11.6 Å². The first kappa shape index (κ1) is 11.9. The van der Waals surface area contributed by atoms with E-state index in [2.05, 4.69) is 0 Å². The molecule has 1 aromatic rings. The summed E-state index contributed by atoms with van der Waals surface area (Å²) < 4.78 is 0. The average Bonchev–Trinajstić information content (AvgIpc) is 2.21. The fourth-order valence-electron chi connectivity index (χ4n) is 1.92. The number of imide groups is 1. The molecule has 1 aliphatic heterocycles. The highest BCUT2D eigenvalue weighted by Crippen LogP contribution is 2.31. The summed E-state index contributed by atoms with van der Waals surface area (Å²) >= 11 is 5.68. The number of aromatic hydroxyl groups is 1. The van der Waals surface area contributed by atoms with Crippen LogP contribution in [-0.4, -0.2) is 16.9 Å². The van der Waals surface area contributed by atoms with Crippen molar-refractivity contribution in [3.8, 4) is 5.75 Å². The van der Waals surface area contributed by atoms with Gasteiger partial charge in [-0.25, -0.2) is 0 Å². The molecule has 0 spiro atoms. The molecule has 17 heavy (non-hydrogen) atoms. The van der Waals surface area contributed by atoms with Gasteiger partial charge >= 0.3 is 0 Å². The SMILES string of the molecule is CC1CC(=O)N(c2ccc(Cl)c(O)c2)C(=O)C1. The van der Waals surface area contributed by atoms with Gasteiger partial charge in [0.25, 0.3) is 0 Å². The summed E-state index contributed by atoms with van der Waals surface area (Å²) in [6, 6.07) is 4.34. The minimum absolute atomic E-state index is 0.0761. The molecule has 5 heteroatoms. The lowest BCUT2D eigenvalue weighted by atomic mass is 9.97. The Bertz CT molecular complexity index is 469. The summed E-state index contributed by atoms with van der Waals surface area (Å²) in [5.41, 5.74) is 0.369. The van der Waals surface area contributed by atoms with Gasteiger partial charge in [-0.15, -0.1) is 0 Å². The largest absolute Gasteiger partial charge is 0.506 e. The monoisotopic (exact) mass is 253 g/mol. The van der Waals surface area contributed by atoms with Crippen LogP contribution < -0.4 is 4.90 Å². The Kier molecular flexibility index (Phi) is 3.07. The van der Waals surface area contributed by atoms with Crippen LogP contribution in [0.2, 0.25) is 5.02 Å². The number of benzene rings is 1. The predicted molar refractivity (Wildman–Crippen MR) is 64.0 cm³/mol. The first-order chi connectivity index (χ1) is 7.99. The number of anilines is 1. The van der Waals surface area contributed by atoms with Crippen LogP contribution >= 0.6 is 11.6 Å². The molecule has 0 radical (unpaired) electrons. The molecular formula is C12H12ClNO3. The molecule has 0 atom stereocenters. The highest BCUT2D eigenvalue weighted by atomic mass is 35.5. The third-order valence-electron chi connectivity index (χ3n) is 2.73. The van der Waals surface area contributed by atoms with E-state index in [9.17, 15) is 14.7 Å². The normalized spacial score (nSPS) is 17.6. The second kappa shape index (κ2) is 4.37. The number of hydrogen-bond acceptors (Lipinski definition) is 3. The van der Waals surface area contributed by atoms with Crippen molar-refractivity contribution in [3.63, 3.8) is 0 Å². The van der Waals surface area contributed by atoms with Crippen LogP contribution in [-0.2, 0) is 9.59 Å². The molecule has 2 rings (SSSR count). The van der Waals surface area contributed by atoms with Crippen molar-refractivity contribution in [2.45, 2.75) is 19.8 Å². The zero-order chi connectivity index (χ0) is 12.6. The van der Waals surface area contributed by atoms with Gasteiger partial charge < -0.3 is 5.11 Å². The Morgan fingerprint density at radius 3 is 2.41 bits per heavy atom. The predicted octanol–water partition coefficient (Wildman–Crippen LogP) is 2.34. The van der Waals surface area contributed by atoms with Gasteiger partial charge in [0, 0.05) is 18.9 Å². The summed E-state index contributed by atoms with van der Waals surface area (Å²) in [5, 5.41) is 9.67. The second-order valence-corrected chi connectivity index (χ2v) is 4.68. The number of carbonyl (C=O) groups is 2. The fraction of sp³-hybridized carbons (Fsp3) is 0.333. The zero-order valence-corrected chi connectivity index (χ0v) is 10.1. The lowest BCUT2D eigenvalue weighted by molar-refractivity contribution is -0.130. The molecule has 1 saturated heterocycles. The molecule has 1 aliphatic rings. The minimum atomic E-state index is -0.240. The maximum atomic E-state index is 11.8.